The average molecular weight is 251 g/mol. The Morgan fingerprint density at radius 3 is 2.94 bits per heavy atom. The maximum absolute atomic E-state index is 13.1. The molecule has 1 N–H and O–H groups in total. The number of carbonyl (C=O) groups excluding carboxylic acids is 1. The molecular formula is C14H18FNO2. The summed E-state index contributed by atoms with van der Waals surface area (Å²) in [4.78, 5) is 13.4. The lowest BCUT2D eigenvalue weighted by atomic mass is 9.92. The Labute approximate surface area is 106 Å². The minimum atomic E-state index is -0.462. The molecule has 18 heavy (non-hydrogen) atoms. The minimum Gasteiger partial charge on any atom is -0.387 e. The van der Waals surface area contributed by atoms with Crippen LogP contribution in [0.2, 0.25) is 0 Å². The third-order valence-electron chi connectivity index (χ3n) is 3.55. The van der Waals surface area contributed by atoms with Crippen LogP contribution in [0.3, 0.4) is 0 Å². The van der Waals surface area contributed by atoms with Crippen molar-refractivity contribution in [2.24, 2.45) is 0 Å². The van der Waals surface area contributed by atoms with E-state index in [0.717, 1.165) is 30.4 Å². The number of halogens is 1. The molecule has 0 bridgehead atoms. The molecule has 2 rings (SSSR count). The van der Waals surface area contributed by atoms with E-state index in [1.807, 2.05) is 6.92 Å². The lowest BCUT2D eigenvalue weighted by Crippen LogP contribution is -2.40. The van der Waals surface area contributed by atoms with Crippen LogP contribution in [0.1, 0.15) is 36.4 Å². The lowest BCUT2D eigenvalue weighted by molar-refractivity contribution is -0.138. The molecule has 3 nitrogen and oxygen atoms in total. The molecule has 0 aromatic heterocycles. The molecule has 1 fully saturated rings. The van der Waals surface area contributed by atoms with Gasteiger partial charge in [-0.05, 0) is 49.4 Å². The van der Waals surface area contributed by atoms with Gasteiger partial charge < -0.3 is 10.0 Å². The molecule has 1 unspecified atom stereocenters. The standard InChI is InChI=1S/C14H18FNO2/c1-10-8-11(15)5-6-12(10)13-4-2-3-7-16(13)14(18)9-17/h5-6,8,13,17H,2-4,7,9H2,1H3. The van der Waals surface area contributed by atoms with Gasteiger partial charge in [0.2, 0.25) is 5.91 Å². The summed E-state index contributed by atoms with van der Waals surface area (Å²) in [5.74, 6) is -0.504. The Kier molecular flexibility index (Phi) is 3.97. The largest absolute Gasteiger partial charge is 0.387 e. The number of amides is 1. The topological polar surface area (TPSA) is 40.5 Å². The summed E-state index contributed by atoms with van der Waals surface area (Å²) in [6.07, 6.45) is 2.89. The quantitative estimate of drug-likeness (QED) is 0.875. The second-order valence-corrected chi connectivity index (χ2v) is 4.76. The molecular weight excluding hydrogens is 233 g/mol. The molecule has 1 atom stereocenters. The Morgan fingerprint density at radius 1 is 1.50 bits per heavy atom. The molecule has 98 valence electrons. The first-order valence-electron chi connectivity index (χ1n) is 6.30. The number of hydrogen-bond acceptors (Lipinski definition) is 2. The molecule has 0 saturated carbocycles. The number of aliphatic hydroxyl groups excluding tert-OH is 1. The number of hydrogen-bond donors (Lipinski definition) is 1. The van der Waals surface area contributed by atoms with Crippen LogP contribution in [0, 0.1) is 12.7 Å². The van der Waals surface area contributed by atoms with Gasteiger partial charge in [0, 0.05) is 6.54 Å². The highest BCUT2D eigenvalue weighted by Gasteiger charge is 2.28. The van der Waals surface area contributed by atoms with E-state index in [2.05, 4.69) is 0 Å². The maximum Gasteiger partial charge on any atom is 0.248 e. The molecule has 0 aliphatic carbocycles. The van der Waals surface area contributed by atoms with Gasteiger partial charge in [-0.25, -0.2) is 4.39 Å². The highest BCUT2D eigenvalue weighted by molar-refractivity contribution is 5.77. The van der Waals surface area contributed by atoms with Crippen LogP contribution in [0.15, 0.2) is 18.2 Å². The number of nitrogens with zero attached hydrogens (tertiary/aromatic N) is 1. The first kappa shape index (κ1) is 13.0. The predicted octanol–water partition coefficient (Wildman–Crippen LogP) is 2.18. The van der Waals surface area contributed by atoms with Crippen molar-refractivity contribution in [3.05, 3.63) is 35.1 Å². The minimum absolute atomic E-state index is 0.0287. The van der Waals surface area contributed by atoms with E-state index in [1.54, 1.807) is 11.0 Å². The van der Waals surface area contributed by atoms with E-state index in [9.17, 15) is 9.18 Å². The molecule has 1 aliphatic heterocycles. The number of piperidine rings is 1. The van der Waals surface area contributed by atoms with Gasteiger partial charge in [-0.3, -0.25) is 4.79 Å². The molecule has 0 radical (unpaired) electrons. The van der Waals surface area contributed by atoms with Gasteiger partial charge >= 0.3 is 0 Å². The second-order valence-electron chi connectivity index (χ2n) is 4.76. The number of aryl methyl sites for hydroxylation is 1. The number of aliphatic hydroxyl groups is 1. The Hall–Kier alpha value is -1.42. The van der Waals surface area contributed by atoms with Crippen LogP contribution in [0.4, 0.5) is 4.39 Å². The van der Waals surface area contributed by atoms with Gasteiger partial charge in [0.05, 0.1) is 6.04 Å². The molecule has 1 aromatic carbocycles. The molecule has 0 spiro atoms. The zero-order chi connectivity index (χ0) is 13.1. The van der Waals surface area contributed by atoms with Crippen LogP contribution >= 0.6 is 0 Å². The van der Waals surface area contributed by atoms with Crippen molar-refractivity contribution in [2.45, 2.75) is 32.2 Å². The zero-order valence-electron chi connectivity index (χ0n) is 10.5. The van der Waals surface area contributed by atoms with Crippen molar-refractivity contribution < 1.29 is 14.3 Å². The highest BCUT2D eigenvalue weighted by Crippen LogP contribution is 2.32. The van der Waals surface area contributed by atoms with Crippen LogP contribution in [-0.2, 0) is 4.79 Å². The molecule has 1 aliphatic rings. The number of carbonyl (C=O) groups is 1. The summed E-state index contributed by atoms with van der Waals surface area (Å²) in [7, 11) is 0. The van der Waals surface area contributed by atoms with E-state index < -0.39 is 6.61 Å². The fourth-order valence-electron chi connectivity index (χ4n) is 2.66. The summed E-state index contributed by atoms with van der Waals surface area (Å²) in [6.45, 7) is 2.06. The summed E-state index contributed by atoms with van der Waals surface area (Å²) < 4.78 is 13.1. The summed E-state index contributed by atoms with van der Waals surface area (Å²) in [5, 5.41) is 9.01. The number of rotatable bonds is 2. The molecule has 1 saturated heterocycles. The van der Waals surface area contributed by atoms with Crippen LogP contribution in [0.25, 0.3) is 0 Å². The molecule has 1 heterocycles. The van der Waals surface area contributed by atoms with Gasteiger partial charge in [0.1, 0.15) is 12.4 Å². The van der Waals surface area contributed by atoms with Crippen molar-refractivity contribution in [2.75, 3.05) is 13.2 Å². The molecule has 1 aromatic rings. The first-order valence-corrected chi connectivity index (χ1v) is 6.30. The third kappa shape index (κ3) is 2.53. The lowest BCUT2D eigenvalue weighted by Gasteiger charge is -2.36. The zero-order valence-corrected chi connectivity index (χ0v) is 10.5. The Bertz CT molecular complexity index is 447. The predicted molar refractivity (Wildman–Crippen MR) is 66.5 cm³/mol. The van der Waals surface area contributed by atoms with Crippen LogP contribution < -0.4 is 0 Å². The van der Waals surface area contributed by atoms with Crippen LogP contribution in [-0.4, -0.2) is 29.1 Å². The maximum atomic E-state index is 13.1. The Morgan fingerprint density at radius 2 is 2.28 bits per heavy atom. The van der Waals surface area contributed by atoms with Gasteiger partial charge in [0.25, 0.3) is 0 Å². The SMILES string of the molecule is Cc1cc(F)ccc1C1CCCCN1C(=O)CO. The molecule has 4 heteroatoms. The van der Waals surface area contributed by atoms with Gasteiger partial charge in [0.15, 0.2) is 0 Å². The monoisotopic (exact) mass is 251 g/mol. The average Bonchev–Trinajstić information content (AvgIpc) is 2.38. The third-order valence-corrected chi connectivity index (χ3v) is 3.55. The molecule has 1 amide bonds. The Balaban J connectivity index is 2.30. The smallest absolute Gasteiger partial charge is 0.248 e. The van der Waals surface area contributed by atoms with E-state index >= 15 is 0 Å². The van der Waals surface area contributed by atoms with Crippen molar-refractivity contribution in [3.63, 3.8) is 0 Å². The second kappa shape index (κ2) is 5.48. The number of benzene rings is 1. The summed E-state index contributed by atoms with van der Waals surface area (Å²) in [5.41, 5.74) is 1.84. The summed E-state index contributed by atoms with van der Waals surface area (Å²) >= 11 is 0. The fourth-order valence-corrected chi connectivity index (χ4v) is 2.66. The van der Waals surface area contributed by atoms with Gasteiger partial charge in [-0.1, -0.05) is 6.07 Å². The van der Waals surface area contributed by atoms with Crippen molar-refractivity contribution in [1.29, 1.82) is 0 Å². The van der Waals surface area contributed by atoms with Crippen molar-refractivity contribution in [3.8, 4) is 0 Å². The fraction of sp³-hybridized carbons (Fsp3) is 0.500. The van der Waals surface area contributed by atoms with E-state index in [4.69, 9.17) is 5.11 Å². The van der Waals surface area contributed by atoms with Crippen molar-refractivity contribution in [1.82, 2.24) is 4.90 Å². The normalized spacial score (nSPS) is 19.9. The number of likely N-dealkylation sites (tertiary alicyclic amines) is 1. The van der Waals surface area contributed by atoms with E-state index in [1.165, 1.54) is 12.1 Å². The van der Waals surface area contributed by atoms with E-state index in [-0.39, 0.29) is 17.8 Å². The van der Waals surface area contributed by atoms with Crippen LogP contribution in [0.5, 0.6) is 0 Å². The van der Waals surface area contributed by atoms with Gasteiger partial charge in [-0.15, -0.1) is 0 Å². The van der Waals surface area contributed by atoms with Crippen molar-refractivity contribution >= 4 is 5.91 Å². The van der Waals surface area contributed by atoms with Gasteiger partial charge in [-0.2, -0.15) is 0 Å². The summed E-state index contributed by atoms with van der Waals surface area (Å²) in [6, 6.07) is 4.64. The first-order chi connectivity index (χ1) is 8.63. The van der Waals surface area contributed by atoms with E-state index in [0.29, 0.717) is 6.54 Å². The highest BCUT2D eigenvalue weighted by atomic mass is 19.1.